The first-order chi connectivity index (χ1) is 9.76. The van der Waals surface area contributed by atoms with E-state index >= 15 is 0 Å². The summed E-state index contributed by atoms with van der Waals surface area (Å²) in [7, 11) is 0. The van der Waals surface area contributed by atoms with Gasteiger partial charge in [-0.25, -0.2) is 0 Å². The Labute approximate surface area is 125 Å². The van der Waals surface area contributed by atoms with Crippen LogP contribution in [-0.4, -0.2) is 6.04 Å². The molecule has 0 aliphatic heterocycles. The number of aryl methyl sites for hydroxylation is 1. The van der Waals surface area contributed by atoms with Gasteiger partial charge in [0.2, 0.25) is 0 Å². The molecule has 2 rings (SSSR count). The largest absolute Gasteiger partial charge is 0.327 e. The average Bonchev–Trinajstić information content (AvgIpc) is 2.48. The first-order valence-electron chi connectivity index (χ1n) is 8.59. The van der Waals surface area contributed by atoms with E-state index in [4.69, 9.17) is 5.73 Å². The molecule has 3 atom stereocenters. The molecule has 1 nitrogen and oxygen atoms in total. The molecule has 0 aromatic heterocycles. The minimum Gasteiger partial charge on any atom is -0.327 e. The standard InChI is InChI=1S/C19H31N/c1-3-5-9-15(4-2)19(20)14-17-12-8-11-16-10-6-7-13-18(16)17/h6-7,10,13,15,17,19H,3-5,8-9,11-12,14,20H2,1-2H3. The lowest BCUT2D eigenvalue weighted by Crippen LogP contribution is -2.32. The van der Waals surface area contributed by atoms with Gasteiger partial charge in [0.1, 0.15) is 0 Å². The molecular formula is C19H31N. The summed E-state index contributed by atoms with van der Waals surface area (Å²) in [6.07, 6.45) is 10.3. The summed E-state index contributed by atoms with van der Waals surface area (Å²) in [5, 5.41) is 0. The van der Waals surface area contributed by atoms with Gasteiger partial charge >= 0.3 is 0 Å². The molecule has 0 saturated carbocycles. The maximum absolute atomic E-state index is 6.56. The van der Waals surface area contributed by atoms with Gasteiger partial charge in [-0.1, -0.05) is 57.4 Å². The lowest BCUT2D eigenvalue weighted by atomic mass is 9.77. The van der Waals surface area contributed by atoms with Crippen LogP contribution in [0.5, 0.6) is 0 Å². The van der Waals surface area contributed by atoms with Gasteiger partial charge < -0.3 is 5.73 Å². The zero-order valence-corrected chi connectivity index (χ0v) is 13.3. The van der Waals surface area contributed by atoms with E-state index < -0.39 is 0 Å². The molecule has 3 unspecified atom stereocenters. The molecule has 0 amide bonds. The van der Waals surface area contributed by atoms with Gasteiger partial charge in [-0.3, -0.25) is 0 Å². The van der Waals surface area contributed by atoms with Crippen LogP contribution in [0.1, 0.15) is 75.8 Å². The fraction of sp³-hybridized carbons (Fsp3) is 0.684. The van der Waals surface area contributed by atoms with E-state index in [-0.39, 0.29) is 0 Å². The SMILES string of the molecule is CCCCC(CC)C(N)CC1CCCc2ccccc21. The molecule has 20 heavy (non-hydrogen) atoms. The van der Waals surface area contributed by atoms with Gasteiger partial charge in [0, 0.05) is 6.04 Å². The van der Waals surface area contributed by atoms with E-state index in [1.54, 1.807) is 11.1 Å². The van der Waals surface area contributed by atoms with Gasteiger partial charge in [-0.15, -0.1) is 0 Å². The number of fused-ring (bicyclic) bond motifs is 1. The van der Waals surface area contributed by atoms with Gasteiger partial charge in [0.25, 0.3) is 0 Å². The van der Waals surface area contributed by atoms with Crippen molar-refractivity contribution in [2.45, 2.75) is 77.2 Å². The van der Waals surface area contributed by atoms with E-state index in [2.05, 4.69) is 38.1 Å². The topological polar surface area (TPSA) is 26.0 Å². The van der Waals surface area contributed by atoms with E-state index in [1.165, 1.54) is 51.4 Å². The van der Waals surface area contributed by atoms with Crippen LogP contribution in [0.15, 0.2) is 24.3 Å². The molecule has 1 heteroatoms. The summed E-state index contributed by atoms with van der Waals surface area (Å²) in [6, 6.07) is 9.39. The summed E-state index contributed by atoms with van der Waals surface area (Å²) in [5.41, 5.74) is 9.71. The van der Waals surface area contributed by atoms with Crippen LogP contribution in [0.4, 0.5) is 0 Å². The average molecular weight is 273 g/mol. The Bertz CT molecular complexity index is 399. The highest BCUT2D eigenvalue weighted by Gasteiger charge is 2.24. The monoisotopic (exact) mass is 273 g/mol. The van der Waals surface area contributed by atoms with Crippen LogP contribution < -0.4 is 5.73 Å². The Hall–Kier alpha value is -0.820. The maximum atomic E-state index is 6.56. The van der Waals surface area contributed by atoms with E-state index in [9.17, 15) is 0 Å². The molecule has 0 radical (unpaired) electrons. The fourth-order valence-corrected chi connectivity index (χ4v) is 3.81. The van der Waals surface area contributed by atoms with Crippen molar-refractivity contribution in [3.63, 3.8) is 0 Å². The van der Waals surface area contributed by atoms with Crippen molar-refractivity contribution >= 4 is 0 Å². The first kappa shape index (κ1) is 15.6. The molecule has 1 aromatic rings. The number of hydrogen-bond acceptors (Lipinski definition) is 1. The molecule has 2 N–H and O–H groups in total. The van der Waals surface area contributed by atoms with Crippen LogP contribution in [-0.2, 0) is 6.42 Å². The molecule has 1 aliphatic carbocycles. The van der Waals surface area contributed by atoms with Gasteiger partial charge in [0.05, 0.1) is 0 Å². The minimum atomic E-state index is 0.378. The number of rotatable bonds is 7. The van der Waals surface area contributed by atoms with Crippen LogP contribution in [0.25, 0.3) is 0 Å². The zero-order valence-electron chi connectivity index (χ0n) is 13.3. The van der Waals surface area contributed by atoms with Crippen LogP contribution >= 0.6 is 0 Å². The second kappa shape index (κ2) is 7.83. The van der Waals surface area contributed by atoms with Gasteiger partial charge in [-0.05, 0) is 55.1 Å². The predicted molar refractivity (Wildman–Crippen MR) is 88.0 cm³/mol. The number of unbranched alkanes of at least 4 members (excludes halogenated alkanes) is 1. The number of hydrogen-bond donors (Lipinski definition) is 1. The highest BCUT2D eigenvalue weighted by Crippen LogP contribution is 2.36. The van der Waals surface area contributed by atoms with Crippen molar-refractivity contribution in [2.24, 2.45) is 11.7 Å². The lowest BCUT2D eigenvalue weighted by Gasteiger charge is -2.31. The van der Waals surface area contributed by atoms with Crippen LogP contribution in [0.3, 0.4) is 0 Å². The normalized spacial score (nSPS) is 21.2. The van der Waals surface area contributed by atoms with Gasteiger partial charge in [-0.2, -0.15) is 0 Å². The van der Waals surface area contributed by atoms with Crippen molar-refractivity contribution in [2.75, 3.05) is 0 Å². The Morgan fingerprint density at radius 2 is 2.05 bits per heavy atom. The van der Waals surface area contributed by atoms with E-state index in [1.807, 2.05) is 0 Å². The Kier molecular flexibility index (Phi) is 6.09. The molecule has 0 spiro atoms. The van der Waals surface area contributed by atoms with Crippen molar-refractivity contribution in [1.29, 1.82) is 0 Å². The lowest BCUT2D eigenvalue weighted by molar-refractivity contribution is 0.328. The van der Waals surface area contributed by atoms with Crippen LogP contribution in [0.2, 0.25) is 0 Å². The third-order valence-electron chi connectivity index (χ3n) is 5.11. The highest BCUT2D eigenvalue weighted by atomic mass is 14.7. The third-order valence-corrected chi connectivity index (χ3v) is 5.11. The first-order valence-corrected chi connectivity index (χ1v) is 8.59. The summed E-state index contributed by atoms with van der Waals surface area (Å²) >= 11 is 0. The molecule has 0 heterocycles. The summed E-state index contributed by atoms with van der Waals surface area (Å²) < 4.78 is 0. The summed E-state index contributed by atoms with van der Waals surface area (Å²) in [4.78, 5) is 0. The molecular weight excluding hydrogens is 242 g/mol. The summed E-state index contributed by atoms with van der Waals surface area (Å²) in [5.74, 6) is 1.41. The van der Waals surface area contributed by atoms with E-state index in [0.717, 1.165) is 0 Å². The Morgan fingerprint density at radius 3 is 2.80 bits per heavy atom. The highest BCUT2D eigenvalue weighted by molar-refractivity contribution is 5.32. The molecule has 0 saturated heterocycles. The molecule has 0 fully saturated rings. The predicted octanol–water partition coefficient (Wildman–Crippen LogP) is 5.04. The molecule has 112 valence electrons. The molecule has 0 bridgehead atoms. The number of benzene rings is 1. The summed E-state index contributed by atoms with van der Waals surface area (Å²) in [6.45, 7) is 4.57. The second-order valence-electron chi connectivity index (χ2n) is 6.50. The second-order valence-corrected chi connectivity index (χ2v) is 6.50. The van der Waals surface area contributed by atoms with Gasteiger partial charge in [0.15, 0.2) is 0 Å². The van der Waals surface area contributed by atoms with Crippen molar-refractivity contribution in [1.82, 2.24) is 0 Å². The quantitative estimate of drug-likeness (QED) is 0.740. The Morgan fingerprint density at radius 1 is 1.25 bits per heavy atom. The minimum absolute atomic E-state index is 0.378. The molecule has 1 aromatic carbocycles. The fourth-order valence-electron chi connectivity index (χ4n) is 3.81. The van der Waals surface area contributed by atoms with Crippen molar-refractivity contribution < 1.29 is 0 Å². The van der Waals surface area contributed by atoms with Crippen LogP contribution in [0, 0.1) is 5.92 Å². The Balaban J connectivity index is 1.99. The van der Waals surface area contributed by atoms with E-state index in [0.29, 0.717) is 17.9 Å². The third kappa shape index (κ3) is 3.85. The number of nitrogens with two attached hydrogens (primary N) is 1. The maximum Gasteiger partial charge on any atom is 0.00728 e. The van der Waals surface area contributed by atoms with Crippen molar-refractivity contribution in [3.05, 3.63) is 35.4 Å². The zero-order chi connectivity index (χ0) is 14.4. The smallest absolute Gasteiger partial charge is 0.00728 e. The van der Waals surface area contributed by atoms with Crippen molar-refractivity contribution in [3.8, 4) is 0 Å². The molecule has 1 aliphatic rings.